The molecule has 1 aliphatic rings. The van der Waals surface area contributed by atoms with Crippen LogP contribution in [-0.2, 0) is 14.3 Å². The fourth-order valence-corrected chi connectivity index (χ4v) is 4.91. The van der Waals surface area contributed by atoms with Crippen molar-refractivity contribution in [3.63, 3.8) is 0 Å². The SMILES string of the molecule is CCCCCCCCCCC(=O)N[C@H](CSCCC)C(=O)Nc1cn([C@H]2OC(CO)[C@@H](O)[C@@H]2O)nn1. The highest BCUT2D eigenvalue weighted by Crippen LogP contribution is 2.29. The number of ether oxygens (including phenoxy) is 1. The van der Waals surface area contributed by atoms with Crippen LogP contribution in [-0.4, -0.2) is 84.6 Å². The molecule has 1 aromatic heterocycles. The minimum absolute atomic E-state index is 0.126. The summed E-state index contributed by atoms with van der Waals surface area (Å²) >= 11 is 1.59. The van der Waals surface area contributed by atoms with E-state index >= 15 is 0 Å². The molecule has 1 saturated heterocycles. The van der Waals surface area contributed by atoms with Gasteiger partial charge in [-0.15, -0.1) is 5.10 Å². The number of aliphatic hydroxyl groups excluding tert-OH is 3. The Morgan fingerprint density at radius 1 is 1.08 bits per heavy atom. The van der Waals surface area contributed by atoms with Gasteiger partial charge in [0.1, 0.15) is 24.4 Å². The van der Waals surface area contributed by atoms with E-state index in [2.05, 4.69) is 34.8 Å². The Hall–Kier alpha value is -1.73. The maximum Gasteiger partial charge on any atom is 0.249 e. The molecule has 2 heterocycles. The van der Waals surface area contributed by atoms with E-state index in [1.165, 1.54) is 43.0 Å². The smallest absolute Gasteiger partial charge is 0.249 e. The Morgan fingerprint density at radius 3 is 2.42 bits per heavy atom. The maximum absolute atomic E-state index is 12.9. The van der Waals surface area contributed by atoms with Gasteiger partial charge in [-0.3, -0.25) is 9.59 Å². The first-order chi connectivity index (χ1) is 17.4. The molecule has 0 aromatic carbocycles. The average molecular weight is 530 g/mol. The Bertz CT molecular complexity index is 782. The molecule has 5 N–H and O–H groups in total. The predicted molar refractivity (Wildman–Crippen MR) is 138 cm³/mol. The first-order valence-corrected chi connectivity index (χ1v) is 14.3. The van der Waals surface area contributed by atoms with Gasteiger partial charge in [-0.2, -0.15) is 11.8 Å². The number of nitrogens with zero attached hydrogens (tertiary/aromatic N) is 3. The van der Waals surface area contributed by atoms with E-state index in [0.29, 0.717) is 12.2 Å². The van der Waals surface area contributed by atoms with Crippen LogP contribution in [0.5, 0.6) is 0 Å². The quantitative estimate of drug-likeness (QED) is 0.179. The summed E-state index contributed by atoms with van der Waals surface area (Å²) in [5.74, 6) is 0.885. The lowest BCUT2D eigenvalue weighted by Crippen LogP contribution is -2.45. The molecule has 36 heavy (non-hydrogen) atoms. The van der Waals surface area contributed by atoms with Crippen molar-refractivity contribution in [1.82, 2.24) is 20.3 Å². The molecule has 0 saturated carbocycles. The molecule has 206 valence electrons. The molecular formula is C24H43N5O6S. The van der Waals surface area contributed by atoms with Crippen LogP contribution in [0.4, 0.5) is 5.82 Å². The van der Waals surface area contributed by atoms with Crippen molar-refractivity contribution in [2.45, 2.75) is 109 Å². The largest absolute Gasteiger partial charge is 0.394 e. The second kappa shape index (κ2) is 16.9. The first-order valence-electron chi connectivity index (χ1n) is 13.1. The third-order valence-electron chi connectivity index (χ3n) is 6.08. The van der Waals surface area contributed by atoms with E-state index in [4.69, 9.17) is 4.74 Å². The number of carbonyl (C=O) groups is 2. The number of nitrogens with one attached hydrogen (secondary N) is 2. The highest BCUT2D eigenvalue weighted by Gasteiger charge is 2.44. The van der Waals surface area contributed by atoms with Crippen LogP contribution < -0.4 is 10.6 Å². The van der Waals surface area contributed by atoms with Crippen molar-refractivity contribution in [3.05, 3.63) is 6.20 Å². The molecule has 5 atom stereocenters. The molecular weight excluding hydrogens is 486 g/mol. The molecule has 2 rings (SSSR count). The first kappa shape index (κ1) is 30.5. The van der Waals surface area contributed by atoms with Crippen LogP contribution in [0, 0.1) is 0 Å². The number of carbonyl (C=O) groups excluding carboxylic acids is 2. The summed E-state index contributed by atoms with van der Waals surface area (Å²) in [6, 6.07) is -0.720. The van der Waals surface area contributed by atoms with Crippen LogP contribution in [0.15, 0.2) is 6.20 Å². The number of anilines is 1. The zero-order valence-electron chi connectivity index (χ0n) is 21.5. The third kappa shape index (κ3) is 9.97. The van der Waals surface area contributed by atoms with Crippen molar-refractivity contribution >= 4 is 29.4 Å². The number of rotatable bonds is 18. The Labute approximate surface area is 217 Å². The van der Waals surface area contributed by atoms with Crippen molar-refractivity contribution in [1.29, 1.82) is 0 Å². The Balaban J connectivity index is 1.84. The van der Waals surface area contributed by atoms with E-state index in [9.17, 15) is 24.9 Å². The van der Waals surface area contributed by atoms with Crippen molar-refractivity contribution in [2.75, 3.05) is 23.4 Å². The van der Waals surface area contributed by atoms with E-state index in [0.717, 1.165) is 31.4 Å². The standard InChI is InChI=1S/C24H43N5O6S/c1-3-5-6-7-8-9-10-11-12-20(31)25-17(16-36-13-4-2)23(34)26-19-14-29(28-27-19)24-22(33)21(32)18(15-30)35-24/h14,17-18,21-22,24,30,32-33H,3-13,15-16H2,1-2H3,(H,25,31)(H,26,34)/t17-,18?,21-,22+,24+/m1/s1. The number of hydrogen-bond donors (Lipinski definition) is 5. The topological polar surface area (TPSA) is 159 Å². The van der Waals surface area contributed by atoms with Gasteiger partial charge < -0.3 is 30.7 Å². The molecule has 12 heteroatoms. The molecule has 2 amide bonds. The second-order valence-corrected chi connectivity index (χ2v) is 10.4. The van der Waals surface area contributed by atoms with E-state index in [1.54, 1.807) is 11.8 Å². The van der Waals surface area contributed by atoms with Crippen LogP contribution in [0.2, 0.25) is 0 Å². The van der Waals surface area contributed by atoms with Gasteiger partial charge in [0.15, 0.2) is 12.0 Å². The van der Waals surface area contributed by atoms with Gasteiger partial charge in [0, 0.05) is 12.2 Å². The summed E-state index contributed by atoms with van der Waals surface area (Å²) < 4.78 is 6.60. The normalized spacial score (nSPS) is 22.5. The zero-order chi connectivity index (χ0) is 26.3. The summed E-state index contributed by atoms with van der Waals surface area (Å²) in [5, 5.41) is 42.6. The summed E-state index contributed by atoms with van der Waals surface area (Å²) in [6.07, 6.45) is 7.33. The van der Waals surface area contributed by atoms with Crippen LogP contribution >= 0.6 is 11.8 Å². The fraction of sp³-hybridized carbons (Fsp3) is 0.833. The Morgan fingerprint density at radius 2 is 1.78 bits per heavy atom. The maximum atomic E-state index is 12.9. The number of amides is 2. The lowest BCUT2D eigenvalue weighted by Gasteiger charge is -2.17. The molecule has 0 aliphatic carbocycles. The molecule has 1 unspecified atom stereocenters. The van der Waals surface area contributed by atoms with Gasteiger partial charge >= 0.3 is 0 Å². The highest BCUT2D eigenvalue weighted by molar-refractivity contribution is 7.99. The molecule has 1 aromatic rings. The van der Waals surface area contributed by atoms with E-state index in [1.807, 2.05) is 0 Å². The monoisotopic (exact) mass is 529 g/mol. The lowest BCUT2D eigenvalue weighted by atomic mass is 10.1. The third-order valence-corrected chi connectivity index (χ3v) is 7.35. The average Bonchev–Trinajstić information content (AvgIpc) is 3.44. The zero-order valence-corrected chi connectivity index (χ0v) is 22.3. The van der Waals surface area contributed by atoms with Crippen LogP contribution in [0.3, 0.4) is 0 Å². The number of unbranched alkanes of at least 4 members (excludes halogenated alkanes) is 7. The van der Waals surface area contributed by atoms with Gasteiger partial charge in [0.05, 0.1) is 12.8 Å². The predicted octanol–water partition coefficient (Wildman–Crippen LogP) is 1.99. The Kier molecular flexibility index (Phi) is 14.3. The number of aliphatic hydroxyl groups is 3. The van der Waals surface area contributed by atoms with Crippen LogP contribution in [0.1, 0.15) is 84.3 Å². The number of hydrogen-bond acceptors (Lipinski definition) is 9. The molecule has 0 radical (unpaired) electrons. The molecule has 1 aliphatic heterocycles. The minimum atomic E-state index is -1.30. The highest BCUT2D eigenvalue weighted by atomic mass is 32.2. The van der Waals surface area contributed by atoms with E-state index in [-0.39, 0.29) is 11.7 Å². The van der Waals surface area contributed by atoms with Crippen LogP contribution in [0.25, 0.3) is 0 Å². The molecule has 0 bridgehead atoms. The van der Waals surface area contributed by atoms with Crippen molar-refractivity contribution in [2.24, 2.45) is 0 Å². The van der Waals surface area contributed by atoms with Gasteiger partial charge in [-0.1, -0.05) is 64.0 Å². The van der Waals surface area contributed by atoms with Crippen molar-refractivity contribution < 1.29 is 29.6 Å². The second-order valence-electron chi connectivity index (χ2n) is 9.22. The molecule has 0 spiro atoms. The molecule has 1 fully saturated rings. The summed E-state index contributed by atoms with van der Waals surface area (Å²) in [6.45, 7) is 3.80. The van der Waals surface area contributed by atoms with Gasteiger partial charge in [0.25, 0.3) is 0 Å². The number of thioether (sulfide) groups is 1. The van der Waals surface area contributed by atoms with E-state index < -0.39 is 43.1 Å². The van der Waals surface area contributed by atoms with Gasteiger partial charge in [-0.25, -0.2) is 4.68 Å². The van der Waals surface area contributed by atoms with Gasteiger partial charge in [-0.05, 0) is 18.6 Å². The number of aromatic nitrogens is 3. The minimum Gasteiger partial charge on any atom is -0.394 e. The molecule has 11 nitrogen and oxygen atoms in total. The van der Waals surface area contributed by atoms with Gasteiger partial charge in [0.2, 0.25) is 11.8 Å². The fourth-order valence-electron chi connectivity index (χ4n) is 3.98. The summed E-state index contributed by atoms with van der Waals surface area (Å²) in [7, 11) is 0. The lowest BCUT2D eigenvalue weighted by molar-refractivity contribution is -0.126. The summed E-state index contributed by atoms with van der Waals surface area (Å²) in [5.41, 5.74) is 0. The van der Waals surface area contributed by atoms with Crippen molar-refractivity contribution in [3.8, 4) is 0 Å². The summed E-state index contributed by atoms with van der Waals surface area (Å²) in [4.78, 5) is 25.4.